The van der Waals surface area contributed by atoms with Crippen LogP contribution in [0.1, 0.15) is 56.9 Å². The molecule has 1 saturated carbocycles. The molecular weight excluding hydrogens is 303 g/mol. The molecule has 0 saturated heterocycles. The summed E-state index contributed by atoms with van der Waals surface area (Å²) in [6.45, 7) is 4.15. The molecule has 1 N–H and O–H groups in total. The van der Waals surface area contributed by atoms with Crippen molar-refractivity contribution in [2.24, 2.45) is 11.3 Å². The van der Waals surface area contributed by atoms with Crippen LogP contribution in [0.5, 0.6) is 0 Å². The van der Waals surface area contributed by atoms with E-state index in [2.05, 4.69) is 18.8 Å². The summed E-state index contributed by atoms with van der Waals surface area (Å²) in [4.78, 5) is 3.39. The summed E-state index contributed by atoms with van der Waals surface area (Å²) in [5.41, 5.74) is -0.819. The fraction of sp³-hybridized carbons (Fsp3) is 0.667. The zero-order chi connectivity index (χ0) is 15.8. The van der Waals surface area contributed by atoms with E-state index in [1.807, 2.05) is 0 Å². The number of aromatic nitrogens is 1. The average molecular weight is 322 g/mol. The lowest BCUT2D eigenvalue weighted by atomic mass is 9.66. The zero-order valence-electron chi connectivity index (χ0n) is 12.0. The van der Waals surface area contributed by atoms with Gasteiger partial charge in [-0.1, -0.05) is 44.4 Å². The number of pyridine rings is 1. The summed E-state index contributed by atoms with van der Waals surface area (Å²) >= 11 is 5.87. The van der Waals surface area contributed by atoms with Gasteiger partial charge in [0.05, 0.1) is 6.10 Å². The van der Waals surface area contributed by atoms with Gasteiger partial charge in [-0.15, -0.1) is 0 Å². The van der Waals surface area contributed by atoms with Crippen molar-refractivity contribution in [1.29, 1.82) is 0 Å². The minimum Gasteiger partial charge on any atom is -0.388 e. The summed E-state index contributed by atoms with van der Waals surface area (Å²) in [7, 11) is 0. The SMILES string of the molecule is CC1(C)CCCCC1C(O)c1ccc(C(F)(F)F)nc1Cl. The second-order valence-corrected chi connectivity index (χ2v) is 6.72. The van der Waals surface area contributed by atoms with Crippen LogP contribution in [0.2, 0.25) is 5.15 Å². The van der Waals surface area contributed by atoms with Crippen LogP contribution < -0.4 is 0 Å². The maximum Gasteiger partial charge on any atom is 0.433 e. The highest BCUT2D eigenvalue weighted by Gasteiger charge is 2.39. The lowest BCUT2D eigenvalue weighted by Crippen LogP contribution is -2.32. The number of hydrogen-bond acceptors (Lipinski definition) is 2. The molecule has 0 amide bonds. The number of aliphatic hydroxyl groups is 1. The smallest absolute Gasteiger partial charge is 0.388 e. The van der Waals surface area contributed by atoms with Gasteiger partial charge >= 0.3 is 6.18 Å². The van der Waals surface area contributed by atoms with E-state index in [4.69, 9.17) is 11.6 Å². The van der Waals surface area contributed by atoms with E-state index in [1.54, 1.807) is 0 Å². The van der Waals surface area contributed by atoms with Crippen LogP contribution in [0, 0.1) is 11.3 Å². The number of alkyl halides is 3. The second kappa shape index (κ2) is 5.76. The molecule has 2 nitrogen and oxygen atoms in total. The number of halogens is 4. The van der Waals surface area contributed by atoms with Crippen molar-refractivity contribution in [3.05, 3.63) is 28.5 Å². The third-order valence-electron chi connectivity index (χ3n) is 4.46. The Balaban J connectivity index is 2.29. The van der Waals surface area contributed by atoms with Gasteiger partial charge in [0, 0.05) is 5.56 Å². The summed E-state index contributed by atoms with van der Waals surface area (Å²) in [6.07, 6.45) is -1.47. The molecule has 1 aliphatic carbocycles. The molecule has 2 rings (SSSR count). The molecule has 1 heterocycles. The van der Waals surface area contributed by atoms with Gasteiger partial charge in [0.25, 0.3) is 0 Å². The molecule has 0 aromatic carbocycles. The highest BCUT2D eigenvalue weighted by Crippen LogP contribution is 2.47. The van der Waals surface area contributed by atoms with Crippen LogP contribution in [-0.4, -0.2) is 10.1 Å². The van der Waals surface area contributed by atoms with Gasteiger partial charge in [0.2, 0.25) is 0 Å². The summed E-state index contributed by atoms with van der Waals surface area (Å²) in [5.74, 6) is -0.0257. The Morgan fingerprint density at radius 1 is 1.33 bits per heavy atom. The normalized spacial score (nSPS) is 23.9. The van der Waals surface area contributed by atoms with Crippen LogP contribution in [0.3, 0.4) is 0 Å². The Morgan fingerprint density at radius 2 is 2.00 bits per heavy atom. The molecule has 2 unspecified atom stereocenters. The fourth-order valence-electron chi connectivity index (χ4n) is 3.15. The molecular formula is C15H19ClF3NO. The van der Waals surface area contributed by atoms with Crippen LogP contribution in [0.25, 0.3) is 0 Å². The topological polar surface area (TPSA) is 33.1 Å². The van der Waals surface area contributed by atoms with Crippen molar-refractivity contribution < 1.29 is 18.3 Å². The van der Waals surface area contributed by atoms with E-state index in [0.29, 0.717) is 0 Å². The van der Waals surface area contributed by atoms with Crippen LogP contribution in [-0.2, 0) is 6.18 Å². The lowest BCUT2D eigenvalue weighted by Gasteiger charge is -2.41. The summed E-state index contributed by atoms with van der Waals surface area (Å²) in [6, 6.07) is 2.12. The Labute approximate surface area is 127 Å². The zero-order valence-corrected chi connectivity index (χ0v) is 12.8. The maximum atomic E-state index is 12.6. The van der Waals surface area contributed by atoms with Crippen molar-refractivity contribution in [2.75, 3.05) is 0 Å². The van der Waals surface area contributed by atoms with Crippen molar-refractivity contribution in [3.8, 4) is 0 Å². The standard InChI is InChI=1S/C15H19ClF3NO/c1-14(2)8-4-3-5-10(14)12(21)9-6-7-11(15(17,18)19)20-13(9)16/h6-7,10,12,21H,3-5,8H2,1-2H3. The van der Waals surface area contributed by atoms with E-state index in [1.165, 1.54) is 6.07 Å². The van der Waals surface area contributed by atoms with E-state index in [0.717, 1.165) is 31.7 Å². The highest BCUT2D eigenvalue weighted by molar-refractivity contribution is 6.30. The van der Waals surface area contributed by atoms with Gasteiger partial charge in [0.15, 0.2) is 0 Å². The van der Waals surface area contributed by atoms with Crippen LogP contribution in [0.15, 0.2) is 12.1 Å². The van der Waals surface area contributed by atoms with Gasteiger partial charge in [-0.2, -0.15) is 13.2 Å². The molecule has 0 spiro atoms. The van der Waals surface area contributed by atoms with E-state index in [-0.39, 0.29) is 22.0 Å². The predicted molar refractivity (Wildman–Crippen MR) is 74.9 cm³/mol. The maximum absolute atomic E-state index is 12.6. The van der Waals surface area contributed by atoms with E-state index >= 15 is 0 Å². The van der Waals surface area contributed by atoms with E-state index in [9.17, 15) is 18.3 Å². The fourth-order valence-corrected chi connectivity index (χ4v) is 3.41. The summed E-state index contributed by atoms with van der Waals surface area (Å²) < 4.78 is 37.8. The number of aliphatic hydroxyl groups excluding tert-OH is 1. The van der Waals surface area contributed by atoms with Crippen molar-refractivity contribution >= 4 is 11.6 Å². The molecule has 2 atom stereocenters. The quantitative estimate of drug-likeness (QED) is 0.777. The molecule has 118 valence electrons. The second-order valence-electron chi connectivity index (χ2n) is 6.36. The van der Waals surface area contributed by atoms with Crippen LogP contribution in [0.4, 0.5) is 13.2 Å². The molecule has 1 aromatic heterocycles. The first-order valence-electron chi connectivity index (χ1n) is 7.04. The molecule has 0 radical (unpaired) electrons. The molecule has 1 fully saturated rings. The Kier molecular flexibility index (Phi) is 4.54. The van der Waals surface area contributed by atoms with Gasteiger partial charge in [-0.05, 0) is 30.2 Å². The van der Waals surface area contributed by atoms with Crippen LogP contribution >= 0.6 is 11.6 Å². The van der Waals surface area contributed by atoms with Gasteiger partial charge in [-0.25, -0.2) is 4.98 Å². The molecule has 1 aromatic rings. The molecule has 0 aliphatic heterocycles. The van der Waals surface area contributed by atoms with E-state index < -0.39 is 18.0 Å². The molecule has 1 aliphatic rings. The first-order chi connectivity index (χ1) is 9.63. The first-order valence-corrected chi connectivity index (χ1v) is 7.42. The summed E-state index contributed by atoms with van der Waals surface area (Å²) in [5, 5.41) is 10.3. The van der Waals surface area contributed by atoms with Crippen molar-refractivity contribution in [1.82, 2.24) is 4.98 Å². The number of hydrogen-bond donors (Lipinski definition) is 1. The Morgan fingerprint density at radius 3 is 2.52 bits per heavy atom. The number of nitrogens with zero attached hydrogens (tertiary/aromatic N) is 1. The third-order valence-corrected chi connectivity index (χ3v) is 4.76. The Hall–Kier alpha value is -0.810. The van der Waals surface area contributed by atoms with Crippen molar-refractivity contribution in [2.45, 2.75) is 51.8 Å². The lowest BCUT2D eigenvalue weighted by molar-refractivity contribution is -0.141. The largest absolute Gasteiger partial charge is 0.433 e. The van der Waals surface area contributed by atoms with Gasteiger partial charge in [0.1, 0.15) is 10.8 Å². The molecule has 6 heteroatoms. The predicted octanol–water partition coefficient (Wildman–Crippen LogP) is 5.00. The Bertz CT molecular complexity index is 516. The third kappa shape index (κ3) is 3.51. The molecule has 0 bridgehead atoms. The minimum absolute atomic E-state index is 0.0257. The highest BCUT2D eigenvalue weighted by atomic mass is 35.5. The average Bonchev–Trinajstić information content (AvgIpc) is 2.36. The van der Waals surface area contributed by atoms with Crippen molar-refractivity contribution in [3.63, 3.8) is 0 Å². The minimum atomic E-state index is -4.53. The van der Waals surface area contributed by atoms with Gasteiger partial charge < -0.3 is 5.11 Å². The first kappa shape index (κ1) is 16.6. The monoisotopic (exact) mass is 321 g/mol. The molecule has 21 heavy (non-hydrogen) atoms. The number of rotatable bonds is 2. The van der Waals surface area contributed by atoms with Gasteiger partial charge in [-0.3, -0.25) is 0 Å².